The third kappa shape index (κ3) is 10.7. The van der Waals surface area contributed by atoms with Crippen LogP contribution in [0.1, 0.15) is 12.8 Å². The van der Waals surface area contributed by atoms with Crippen molar-refractivity contribution < 1.29 is 56.4 Å². The van der Waals surface area contributed by atoms with Gasteiger partial charge in [-0.3, -0.25) is 9.59 Å². The molecular weight excluding hydrogens is 805 g/mol. The van der Waals surface area contributed by atoms with Gasteiger partial charge in [-0.25, -0.2) is 4.79 Å². The Morgan fingerprint density at radius 1 is 0.500 bits per heavy atom. The average Bonchev–Trinajstić information content (AvgIpc) is 4.10. The summed E-state index contributed by atoms with van der Waals surface area (Å²) < 4.78 is 48.2. The predicted octanol–water partition coefficient (Wildman–Crippen LogP) is 7.81. The average molecular weight is 839 g/mol. The first-order valence-electron chi connectivity index (χ1n) is 18.6. The summed E-state index contributed by atoms with van der Waals surface area (Å²) in [6.07, 6.45) is 3.30. The number of rotatable bonds is 20. The molecule has 18 heteroatoms. The summed E-state index contributed by atoms with van der Waals surface area (Å²) in [5, 5.41) is 12.6. The Morgan fingerprint density at radius 3 is 1.19 bits per heavy atom. The maximum absolute atomic E-state index is 11.6. The minimum Gasteiger partial charge on any atom is -0.493 e. The summed E-state index contributed by atoms with van der Waals surface area (Å²) in [6, 6.07) is 25.9. The second kappa shape index (κ2) is 19.9. The fraction of sp³-hybridized carbons (Fsp3) is 0.114. The monoisotopic (exact) mass is 838 g/mol. The summed E-state index contributed by atoms with van der Waals surface area (Å²) >= 11 is 0. The molecule has 0 amide bonds. The number of hydrogen-bond acceptors (Lipinski definition) is 18. The molecule has 0 saturated carbocycles. The zero-order valence-electron chi connectivity index (χ0n) is 32.6. The first-order chi connectivity index (χ1) is 30.3. The molecule has 0 N–H and O–H groups in total. The van der Waals surface area contributed by atoms with Crippen LogP contribution >= 0.6 is 0 Å². The number of ether oxygens (including phenoxy) is 6. The van der Waals surface area contributed by atoms with Gasteiger partial charge in [0.25, 0.3) is 17.7 Å². The minimum atomic E-state index is -0.605. The molecule has 0 radical (unpaired) electrons. The summed E-state index contributed by atoms with van der Waals surface area (Å²) in [6.45, 7) is 10.0. The fourth-order valence-electron chi connectivity index (χ4n) is 5.50. The molecule has 18 nitrogen and oxygen atoms in total. The van der Waals surface area contributed by atoms with E-state index in [4.69, 9.17) is 42.0 Å². The van der Waals surface area contributed by atoms with Crippen molar-refractivity contribution in [3.05, 3.63) is 129 Å². The van der Waals surface area contributed by atoms with Crippen LogP contribution in [0.4, 0.5) is 0 Å². The molecule has 0 unspecified atom stereocenters. The molecule has 0 saturated heterocycles. The van der Waals surface area contributed by atoms with Crippen LogP contribution in [0.3, 0.4) is 0 Å². The quantitative estimate of drug-likeness (QED) is 0.0234. The van der Waals surface area contributed by atoms with Gasteiger partial charge < -0.3 is 42.0 Å². The van der Waals surface area contributed by atoms with Crippen molar-refractivity contribution in [1.29, 1.82) is 0 Å². The Morgan fingerprint density at radius 2 is 0.855 bits per heavy atom. The van der Waals surface area contributed by atoms with Crippen molar-refractivity contribution in [3.63, 3.8) is 0 Å². The molecule has 3 aromatic heterocycles. The molecule has 7 rings (SSSR count). The molecule has 0 fully saturated rings. The van der Waals surface area contributed by atoms with Gasteiger partial charge in [-0.1, -0.05) is 35.2 Å². The molecule has 3 heterocycles. The first kappa shape index (κ1) is 41.5. The Labute approximate surface area is 352 Å². The van der Waals surface area contributed by atoms with E-state index in [1.165, 1.54) is 0 Å². The molecule has 0 aliphatic carbocycles. The van der Waals surface area contributed by atoms with Crippen LogP contribution < -0.4 is 14.2 Å². The van der Waals surface area contributed by atoms with Crippen LogP contribution in [0.25, 0.3) is 68.5 Å². The number of carbonyl (C=O) groups excluding carboxylic acids is 3. The van der Waals surface area contributed by atoms with Crippen LogP contribution in [-0.4, -0.2) is 68.3 Å². The van der Waals surface area contributed by atoms with Gasteiger partial charge in [-0.2, -0.15) is 15.0 Å². The number of aromatic nitrogens is 6. The van der Waals surface area contributed by atoms with E-state index < -0.39 is 17.9 Å². The highest BCUT2D eigenvalue weighted by molar-refractivity contribution is 5.81. The summed E-state index contributed by atoms with van der Waals surface area (Å²) in [5.41, 5.74) is 3.31. The van der Waals surface area contributed by atoms with E-state index in [9.17, 15) is 14.4 Å². The molecule has 0 spiro atoms. The van der Waals surface area contributed by atoms with Gasteiger partial charge in [0.15, 0.2) is 0 Å². The highest BCUT2D eigenvalue weighted by Gasteiger charge is 2.20. The van der Waals surface area contributed by atoms with E-state index in [2.05, 4.69) is 50.2 Å². The van der Waals surface area contributed by atoms with E-state index in [1.54, 1.807) is 91.0 Å². The predicted molar refractivity (Wildman–Crippen MR) is 217 cm³/mol. The van der Waals surface area contributed by atoms with Gasteiger partial charge >= 0.3 is 17.9 Å². The van der Waals surface area contributed by atoms with Crippen molar-refractivity contribution in [3.8, 4) is 85.8 Å². The number of hydrogen-bond donors (Lipinski definition) is 0. The lowest BCUT2D eigenvalue weighted by Crippen LogP contribution is -2.07. The Kier molecular flexibility index (Phi) is 13.3. The van der Waals surface area contributed by atoms with Gasteiger partial charge in [0, 0.05) is 39.5 Å². The lowest BCUT2D eigenvalue weighted by atomic mass is 10.0. The fourth-order valence-corrected chi connectivity index (χ4v) is 5.50. The van der Waals surface area contributed by atoms with E-state index >= 15 is 0 Å². The number of benzene rings is 4. The third-order valence-corrected chi connectivity index (χ3v) is 8.46. The maximum Gasteiger partial charge on any atom is 0.333 e. The van der Waals surface area contributed by atoms with Gasteiger partial charge in [0.1, 0.15) is 17.2 Å². The molecule has 4 aromatic carbocycles. The molecule has 7 aromatic rings. The zero-order chi connectivity index (χ0) is 43.3. The molecule has 312 valence electrons. The molecule has 0 aliphatic heterocycles. The maximum atomic E-state index is 11.6. The van der Waals surface area contributed by atoms with Gasteiger partial charge in [0.05, 0.1) is 38.6 Å². The van der Waals surface area contributed by atoms with Crippen LogP contribution in [0.15, 0.2) is 143 Å². The lowest BCUT2D eigenvalue weighted by molar-refractivity contribution is -0.144. The normalized spacial score (nSPS) is 10.6. The van der Waals surface area contributed by atoms with Crippen molar-refractivity contribution in [2.45, 2.75) is 12.8 Å². The van der Waals surface area contributed by atoms with E-state index in [1.807, 2.05) is 0 Å². The first-order valence-corrected chi connectivity index (χ1v) is 18.6. The number of esters is 3. The summed E-state index contributed by atoms with van der Waals surface area (Å²) in [5.74, 6) is 1.34. The van der Waals surface area contributed by atoms with E-state index in [-0.39, 0.29) is 56.3 Å². The second-order valence-corrected chi connectivity index (χ2v) is 12.6. The van der Waals surface area contributed by atoms with Crippen LogP contribution in [-0.2, 0) is 28.6 Å². The zero-order valence-corrected chi connectivity index (χ0v) is 32.6. The molecule has 0 atom stereocenters. The molecule has 0 bridgehead atoms. The van der Waals surface area contributed by atoms with Crippen LogP contribution in [0, 0.1) is 0 Å². The topological polar surface area (TPSA) is 223 Å². The van der Waals surface area contributed by atoms with Crippen molar-refractivity contribution in [2.24, 2.45) is 0 Å². The van der Waals surface area contributed by atoms with Crippen LogP contribution in [0.2, 0.25) is 0 Å². The van der Waals surface area contributed by atoms with E-state index in [0.29, 0.717) is 62.3 Å². The van der Waals surface area contributed by atoms with Crippen molar-refractivity contribution in [2.75, 3.05) is 20.0 Å². The van der Waals surface area contributed by atoms with Crippen molar-refractivity contribution in [1.82, 2.24) is 30.4 Å². The molecular formula is C44H34N6O12. The Bertz CT molecular complexity index is 2560. The number of nitrogens with zero attached hydrogens (tertiary/aromatic N) is 6. The Hall–Kier alpha value is -8.67. The second-order valence-electron chi connectivity index (χ2n) is 12.6. The SMILES string of the molecule is C=COC(=O)CCOc1ccc(-c2noc(-c3cc(-c4nc(-c5ccc(OCCC(=O)OC=C)cc5)no4)cc(-c4nc(-c5ccc(OCOC(=O)C=C)cc5)no4)c3)n2)cc1. The lowest BCUT2D eigenvalue weighted by Gasteiger charge is -2.06. The summed E-state index contributed by atoms with van der Waals surface area (Å²) in [4.78, 5) is 48.4. The highest BCUT2D eigenvalue weighted by Crippen LogP contribution is 2.34. The van der Waals surface area contributed by atoms with E-state index in [0.717, 1.165) is 18.6 Å². The standard InChI is InChI=1S/C44H34N6O12/c1-4-36(51)59-26-58-35-17-11-29(12-18-35)41-47-44(62-50-41)32-24-30(42-45-39(48-60-42)27-7-13-33(14-8-27)56-21-19-37(52)54-5-2)23-31(25-32)43-46-40(49-61-43)28-9-15-34(16-10-28)57-22-20-38(53)55-6-3/h4-18,23-25H,1-3,19-22,26H2. The number of carbonyl (C=O) groups is 3. The highest BCUT2D eigenvalue weighted by atomic mass is 16.7. The molecule has 0 aliphatic rings. The van der Waals surface area contributed by atoms with Crippen molar-refractivity contribution >= 4 is 17.9 Å². The third-order valence-electron chi connectivity index (χ3n) is 8.46. The van der Waals surface area contributed by atoms with Crippen LogP contribution in [0.5, 0.6) is 17.2 Å². The minimum absolute atomic E-state index is 0.0562. The van der Waals surface area contributed by atoms with Gasteiger partial charge in [-0.05, 0) is 91.0 Å². The molecule has 62 heavy (non-hydrogen) atoms. The largest absolute Gasteiger partial charge is 0.493 e. The van der Waals surface area contributed by atoms with Gasteiger partial charge in [-0.15, -0.1) is 0 Å². The summed E-state index contributed by atoms with van der Waals surface area (Å²) in [7, 11) is 0. The van der Waals surface area contributed by atoms with Gasteiger partial charge in [0.2, 0.25) is 24.3 Å². The Balaban J connectivity index is 1.13. The smallest absolute Gasteiger partial charge is 0.333 e.